The van der Waals surface area contributed by atoms with Gasteiger partial charge in [0.2, 0.25) is 5.95 Å². The van der Waals surface area contributed by atoms with Gasteiger partial charge in [-0.05, 0) is 12.1 Å². The van der Waals surface area contributed by atoms with Crippen molar-refractivity contribution in [2.45, 2.75) is 0 Å². The maximum absolute atomic E-state index is 13.3. The van der Waals surface area contributed by atoms with Crippen LogP contribution < -0.4 is 22.3 Å². The zero-order valence-corrected chi connectivity index (χ0v) is 10.9. The van der Waals surface area contributed by atoms with E-state index < -0.39 is 5.82 Å². The van der Waals surface area contributed by atoms with E-state index in [-0.39, 0.29) is 16.0 Å². The standard InChI is InChI=1S/C10H9Cl2FN6/c11-5-1-4(2-6(12)9(5)13)16-7-3-8(19-15)18-10(14)17-7/h1-3H,15H2,(H4,14,16,17,18,19). The summed E-state index contributed by atoms with van der Waals surface area (Å²) in [6.07, 6.45) is 0. The average molecular weight is 303 g/mol. The van der Waals surface area contributed by atoms with Gasteiger partial charge in [0, 0.05) is 11.8 Å². The summed E-state index contributed by atoms with van der Waals surface area (Å²) in [5, 5.41) is 2.66. The summed E-state index contributed by atoms with van der Waals surface area (Å²) < 4.78 is 13.3. The number of anilines is 4. The van der Waals surface area contributed by atoms with Crippen molar-refractivity contribution in [3.05, 3.63) is 34.1 Å². The molecule has 0 spiro atoms. The van der Waals surface area contributed by atoms with Crippen molar-refractivity contribution >= 4 is 46.5 Å². The molecular formula is C10H9Cl2FN6. The first-order valence-corrected chi connectivity index (χ1v) is 5.78. The van der Waals surface area contributed by atoms with Gasteiger partial charge in [-0.2, -0.15) is 9.97 Å². The smallest absolute Gasteiger partial charge is 0.223 e. The van der Waals surface area contributed by atoms with Crippen molar-refractivity contribution in [1.29, 1.82) is 0 Å². The van der Waals surface area contributed by atoms with E-state index in [1.165, 1.54) is 18.2 Å². The minimum absolute atomic E-state index is 0.0252. The normalized spacial score (nSPS) is 10.3. The van der Waals surface area contributed by atoms with E-state index in [9.17, 15) is 4.39 Å². The van der Waals surface area contributed by atoms with Crippen LogP contribution in [0.15, 0.2) is 18.2 Å². The molecule has 0 aliphatic rings. The predicted molar refractivity (Wildman–Crippen MR) is 74.0 cm³/mol. The van der Waals surface area contributed by atoms with Crippen LogP contribution in [-0.2, 0) is 0 Å². The monoisotopic (exact) mass is 302 g/mol. The largest absolute Gasteiger partial charge is 0.368 e. The zero-order chi connectivity index (χ0) is 14.0. The Balaban J connectivity index is 2.33. The molecule has 9 heteroatoms. The molecule has 1 aromatic carbocycles. The number of nitrogens with one attached hydrogen (secondary N) is 2. The first-order chi connectivity index (χ1) is 8.99. The Morgan fingerprint density at radius 3 is 2.21 bits per heavy atom. The van der Waals surface area contributed by atoms with Crippen LogP contribution in [-0.4, -0.2) is 9.97 Å². The van der Waals surface area contributed by atoms with Gasteiger partial charge in [-0.15, -0.1) is 0 Å². The van der Waals surface area contributed by atoms with Crippen molar-refractivity contribution in [2.75, 3.05) is 16.5 Å². The third kappa shape index (κ3) is 3.14. The van der Waals surface area contributed by atoms with Crippen LogP contribution >= 0.6 is 23.2 Å². The fourth-order valence-electron chi connectivity index (χ4n) is 1.38. The lowest BCUT2D eigenvalue weighted by atomic mass is 10.3. The molecule has 0 bridgehead atoms. The lowest BCUT2D eigenvalue weighted by molar-refractivity contribution is 0.629. The zero-order valence-electron chi connectivity index (χ0n) is 9.42. The molecule has 0 saturated carbocycles. The lowest BCUT2D eigenvalue weighted by Gasteiger charge is -2.09. The highest BCUT2D eigenvalue weighted by Gasteiger charge is 2.09. The Bertz CT molecular complexity index is 598. The molecule has 0 fully saturated rings. The molecule has 0 atom stereocenters. The van der Waals surface area contributed by atoms with Gasteiger partial charge < -0.3 is 16.5 Å². The highest BCUT2D eigenvalue weighted by molar-refractivity contribution is 6.35. The molecule has 6 N–H and O–H groups in total. The van der Waals surface area contributed by atoms with E-state index in [1.807, 2.05) is 0 Å². The van der Waals surface area contributed by atoms with Crippen molar-refractivity contribution < 1.29 is 4.39 Å². The number of halogens is 3. The molecule has 0 aliphatic heterocycles. The van der Waals surface area contributed by atoms with Gasteiger partial charge in [-0.25, -0.2) is 10.2 Å². The third-order valence-corrected chi connectivity index (χ3v) is 2.70. The van der Waals surface area contributed by atoms with Crippen LogP contribution in [0, 0.1) is 5.82 Å². The molecular weight excluding hydrogens is 294 g/mol. The number of aromatic nitrogens is 2. The summed E-state index contributed by atoms with van der Waals surface area (Å²) in [6, 6.07) is 4.26. The molecule has 1 heterocycles. The van der Waals surface area contributed by atoms with Gasteiger partial charge in [0.1, 0.15) is 11.6 Å². The number of hydrogen-bond acceptors (Lipinski definition) is 6. The van der Waals surface area contributed by atoms with Crippen LogP contribution in [0.5, 0.6) is 0 Å². The molecule has 19 heavy (non-hydrogen) atoms. The molecule has 2 rings (SSSR count). The minimum atomic E-state index is -0.680. The lowest BCUT2D eigenvalue weighted by Crippen LogP contribution is -2.11. The van der Waals surface area contributed by atoms with Crippen molar-refractivity contribution in [3.8, 4) is 0 Å². The van der Waals surface area contributed by atoms with Crippen LogP contribution in [0.25, 0.3) is 0 Å². The van der Waals surface area contributed by atoms with Gasteiger partial charge in [-0.1, -0.05) is 23.2 Å². The summed E-state index contributed by atoms with van der Waals surface area (Å²) in [6.45, 7) is 0. The van der Waals surface area contributed by atoms with Gasteiger partial charge >= 0.3 is 0 Å². The Hall–Kier alpha value is -1.83. The average Bonchev–Trinajstić information content (AvgIpc) is 2.35. The molecule has 2 aromatic rings. The molecule has 0 saturated heterocycles. The van der Waals surface area contributed by atoms with Gasteiger partial charge in [0.05, 0.1) is 10.0 Å². The van der Waals surface area contributed by atoms with E-state index in [0.29, 0.717) is 17.3 Å². The van der Waals surface area contributed by atoms with Crippen LogP contribution in [0.2, 0.25) is 10.0 Å². The summed E-state index contributed by atoms with van der Waals surface area (Å²) in [5.41, 5.74) is 8.30. The van der Waals surface area contributed by atoms with Gasteiger partial charge in [-0.3, -0.25) is 0 Å². The summed E-state index contributed by atoms with van der Waals surface area (Å²) in [5.74, 6) is 5.27. The minimum Gasteiger partial charge on any atom is -0.368 e. The van der Waals surface area contributed by atoms with Crippen LogP contribution in [0.3, 0.4) is 0 Å². The molecule has 100 valence electrons. The number of rotatable bonds is 3. The van der Waals surface area contributed by atoms with E-state index in [4.69, 9.17) is 34.8 Å². The Kier molecular flexibility index (Phi) is 3.89. The topological polar surface area (TPSA) is 102 Å². The van der Waals surface area contributed by atoms with Gasteiger partial charge in [0.25, 0.3) is 0 Å². The summed E-state index contributed by atoms with van der Waals surface area (Å²) >= 11 is 11.4. The second-order valence-electron chi connectivity index (χ2n) is 3.52. The predicted octanol–water partition coefficient (Wildman–Crippen LogP) is 2.53. The van der Waals surface area contributed by atoms with Crippen molar-refractivity contribution in [2.24, 2.45) is 5.84 Å². The second-order valence-corrected chi connectivity index (χ2v) is 4.33. The number of hydrogen-bond donors (Lipinski definition) is 4. The van der Waals surface area contributed by atoms with Crippen LogP contribution in [0.4, 0.5) is 27.7 Å². The molecule has 0 radical (unpaired) electrons. The highest BCUT2D eigenvalue weighted by Crippen LogP contribution is 2.29. The highest BCUT2D eigenvalue weighted by atomic mass is 35.5. The second kappa shape index (κ2) is 5.43. The van der Waals surface area contributed by atoms with Gasteiger partial charge in [0.15, 0.2) is 5.82 Å². The van der Waals surface area contributed by atoms with E-state index in [0.717, 1.165) is 0 Å². The number of hydrazine groups is 1. The molecule has 0 amide bonds. The maximum atomic E-state index is 13.3. The SMILES string of the molecule is NNc1cc(Nc2cc(Cl)c(F)c(Cl)c2)nc(N)n1. The quantitative estimate of drug-likeness (QED) is 0.395. The maximum Gasteiger partial charge on any atom is 0.223 e. The number of nitrogens with two attached hydrogens (primary N) is 2. The Morgan fingerprint density at radius 2 is 1.63 bits per heavy atom. The van der Waals surface area contributed by atoms with E-state index in [1.54, 1.807) is 0 Å². The summed E-state index contributed by atoms with van der Waals surface area (Å²) in [7, 11) is 0. The fraction of sp³-hybridized carbons (Fsp3) is 0. The molecule has 1 aromatic heterocycles. The first kappa shape index (κ1) is 13.6. The number of nitrogens with zero attached hydrogens (tertiary/aromatic N) is 2. The fourth-order valence-corrected chi connectivity index (χ4v) is 1.87. The van der Waals surface area contributed by atoms with E-state index in [2.05, 4.69) is 20.7 Å². The first-order valence-electron chi connectivity index (χ1n) is 5.02. The number of nitrogen functional groups attached to an aromatic ring is 2. The Morgan fingerprint density at radius 1 is 1.05 bits per heavy atom. The summed E-state index contributed by atoms with van der Waals surface area (Å²) in [4.78, 5) is 7.76. The third-order valence-electron chi connectivity index (χ3n) is 2.15. The Labute approximate surface area is 117 Å². The van der Waals surface area contributed by atoms with Crippen molar-refractivity contribution in [1.82, 2.24) is 9.97 Å². The van der Waals surface area contributed by atoms with E-state index >= 15 is 0 Å². The molecule has 6 nitrogen and oxygen atoms in total. The molecule has 0 aliphatic carbocycles. The van der Waals surface area contributed by atoms with Crippen LogP contribution in [0.1, 0.15) is 0 Å². The number of benzene rings is 1. The molecule has 0 unspecified atom stereocenters. The van der Waals surface area contributed by atoms with Crippen molar-refractivity contribution in [3.63, 3.8) is 0 Å².